The lowest BCUT2D eigenvalue weighted by Gasteiger charge is -2.31. The van der Waals surface area contributed by atoms with Crippen molar-refractivity contribution >= 4 is 0 Å². The van der Waals surface area contributed by atoms with Crippen molar-refractivity contribution in [3.63, 3.8) is 0 Å². The maximum Gasteiger partial charge on any atom is 0.122 e. The Balaban J connectivity index is 1.76. The molecule has 4 heteroatoms. The summed E-state index contributed by atoms with van der Waals surface area (Å²) in [7, 11) is 1.70. The Morgan fingerprint density at radius 2 is 2.05 bits per heavy atom. The first kappa shape index (κ1) is 14.3. The number of nitrogens with zero attached hydrogens (tertiary/aromatic N) is 1. The number of aliphatic hydroxyl groups excluding tert-OH is 1. The van der Waals surface area contributed by atoms with Crippen LogP contribution in [0.25, 0.3) is 0 Å². The van der Waals surface area contributed by atoms with Crippen LogP contribution in [0.15, 0.2) is 24.3 Å². The SMILES string of the molecule is COc1ccccc1CCCC(O)N1CCNCC1. The molecule has 0 bridgehead atoms. The highest BCUT2D eigenvalue weighted by Gasteiger charge is 2.17. The molecule has 1 fully saturated rings. The fourth-order valence-electron chi connectivity index (χ4n) is 2.55. The van der Waals surface area contributed by atoms with E-state index in [4.69, 9.17) is 4.74 Å². The Bertz CT molecular complexity index is 378. The minimum Gasteiger partial charge on any atom is -0.496 e. The van der Waals surface area contributed by atoms with Gasteiger partial charge in [0.05, 0.1) is 7.11 Å². The minimum atomic E-state index is -0.309. The van der Waals surface area contributed by atoms with E-state index in [2.05, 4.69) is 16.3 Å². The van der Waals surface area contributed by atoms with Crippen LogP contribution in [0.3, 0.4) is 0 Å². The third-order valence-corrected chi connectivity index (χ3v) is 3.67. The highest BCUT2D eigenvalue weighted by molar-refractivity contribution is 5.33. The quantitative estimate of drug-likeness (QED) is 0.811. The van der Waals surface area contributed by atoms with Gasteiger partial charge in [-0.05, 0) is 30.9 Å². The number of ether oxygens (including phenoxy) is 1. The molecule has 1 aromatic rings. The number of hydrogen-bond acceptors (Lipinski definition) is 4. The summed E-state index contributed by atoms with van der Waals surface area (Å²) in [5, 5.41) is 13.4. The Kier molecular flexibility index (Phi) is 5.63. The van der Waals surface area contributed by atoms with Crippen LogP contribution in [-0.4, -0.2) is 49.5 Å². The summed E-state index contributed by atoms with van der Waals surface area (Å²) < 4.78 is 5.34. The number of rotatable bonds is 6. The highest BCUT2D eigenvalue weighted by atomic mass is 16.5. The van der Waals surface area contributed by atoms with Crippen molar-refractivity contribution in [2.45, 2.75) is 25.5 Å². The summed E-state index contributed by atoms with van der Waals surface area (Å²) in [6, 6.07) is 8.10. The van der Waals surface area contributed by atoms with Crippen LogP contribution in [0.5, 0.6) is 5.75 Å². The molecule has 0 spiro atoms. The summed E-state index contributed by atoms with van der Waals surface area (Å²) in [5.41, 5.74) is 1.22. The summed E-state index contributed by atoms with van der Waals surface area (Å²) in [6.07, 6.45) is 2.44. The normalized spacial score (nSPS) is 18.2. The van der Waals surface area contributed by atoms with Crippen LogP contribution in [0.4, 0.5) is 0 Å². The minimum absolute atomic E-state index is 0.309. The molecule has 1 heterocycles. The van der Waals surface area contributed by atoms with E-state index >= 15 is 0 Å². The topological polar surface area (TPSA) is 44.7 Å². The maximum absolute atomic E-state index is 10.1. The number of benzene rings is 1. The zero-order valence-electron chi connectivity index (χ0n) is 11.6. The summed E-state index contributed by atoms with van der Waals surface area (Å²) in [4.78, 5) is 2.15. The lowest BCUT2D eigenvalue weighted by molar-refractivity contribution is -0.0103. The molecule has 0 saturated carbocycles. The lowest BCUT2D eigenvalue weighted by Crippen LogP contribution is -2.48. The molecule has 2 N–H and O–H groups in total. The van der Waals surface area contributed by atoms with E-state index < -0.39 is 0 Å². The number of methoxy groups -OCH3 is 1. The van der Waals surface area contributed by atoms with Gasteiger partial charge in [-0.25, -0.2) is 0 Å². The second kappa shape index (κ2) is 7.48. The summed E-state index contributed by atoms with van der Waals surface area (Å²) >= 11 is 0. The first-order valence-corrected chi connectivity index (χ1v) is 7.06. The second-order valence-electron chi connectivity index (χ2n) is 4.97. The number of nitrogens with one attached hydrogen (secondary N) is 1. The van der Waals surface area contributed by atoms with E-state index in [9.17, 15) is 5.11 Å². The van der Waals surface area contributed by atoms with Crippen LogP contribution < -0.4 is 10.1 Å². The predicted octanol–water partition coefficient (Wildman–Crippen LogP) is 1.24. The van der Waals surface area contributed by atoms with Gasteiger partial charge in [0.25, 0.3) is 0 Å². The molecule has 4 nitrogen and oxygen atoms in total. The van der Waals surface area contributed by atoms with E-state index in [0.29, 0.717) is 0 Å². The van der Waals surface area contributed by atoms with E-state index in [1.807, 2.05) is 18.2 Å². The molecule has 0 radical (unpaired) electrons. The van der Waals surface area contributed by atoms with Gasteiger partial charge in [0.2, 0.25) is 0 Å². The standard InChI is InChI=1S/C15H24N2O2/c1-19-14-7-3-2-5-13(14)6-4-8-15(18)17-11-9-16-10-12-17/h2-3,5,7,15-16,18H,4,6,8-12H2,1H3. The number of para-hydroxylation sites is 1. The van der Waals surface area contributed by atoms with E-state index in [-0.39, 0.29) is 6.23 Å². The van der Waals surface area contributed by atoms with Crippen LogP contribution in [0.1, 0.15) is 18.4 Å². The molecule has 0 aliphatic carbocycles. The zero-order chi connectivity index (χ0) is 13.5. The fourth-order valence-corrected chi connectivity index (χ4v) is 2.55. The van der Waals surface area contributed by atoms with Gasteiger partial charge in [-0.3, -0.25) is 4.90 Å². The molecule has 1 unspecified atom stereocenters. The smallest absolute Gasteiger partial charge is 0.122 e. The third-order valence-electron chi connectivity index (χ3n) is 3.67. The number of piperazine rings is 1. The van der Waals surface area contributed by atoms with Crippen LogP contribution in [-0.2, 0) is 6.42 Å². The third kappa shape index (κ3) is 4.20. The molecular formula is C15H24N2O2. The van der Waals surface area contributed by atoms with E-state index in [0.717, 1.165) is 51.2 Å². The Morgan fingerprint density at radius 3 is 2.79 bits per heavy atom. The van der Waals surface area contributed by atoms with Crippen LogP contribution in [0.2, 0.25) is 0 Å². The summed E-state index contributed by atoms with van der Waals surface area (Å²) in [5.74, 6) is 0.944. The van der Waals surface area contributed by atoms with Gasteiger partial charge >= 0.3 is 0 Å². The van der Waals surface area contributed by atoms with Gasteiger partial charge in [-0.1, -0.05) is 18.2 Å². The van der Waals surface area contributed by atoms with Crippen molar-refractivity contribution in [2.75, 3.05) is 33.3 Å². The van der Waals surface area contributed by atoms with Gasteiger partial charge < -0.3 is 15.2 Å². The van der Waals surface area contributed by atoms with Crippen LogP contribution in [0, 0.1) is 0 Å². The van der Waals surface area contributed by atoms with Crippen molar-refractivity contribution in [1.29, 1.82) is 0 Å². The van der Waals surface area contributed by atoms with E-state index in [1.165, 1.54) is 5.56 Å². The zero-order valence-corrected chi connectivity index (χ0v) is 11.6. The molecule has 1 aliphatic rings. The van der Waals surface area contributed by atoms with Crippen LogP contribution >= 0.6 is 0 Å². The van der Waals surface area contributed by atoms with Crippen molar-refractivity contribution in [2.24, 2.45) is 0 Å². The monoisotopic (exact) mass is 264 g/mol. The Hall–Kier alpha value is -1.10. The van der Waals surface area contributed by atoms with Gasteiger partial charge in [0.15, 0.2) is 0 Å². The molecular weight excluding hydrogens is 240 g/mol. The maximum atomic E-state index is 10.1. The average molecular weight is 264 g/mol. The number of aliphatic hydroxyl groups is 1. The molecule has 0 amide bonds. The highest BCUT2D eigenvalue weighted by Crippen LogP contribution is 2.20. The van der Waals surface area contributed by atoms with Crippen molar-refractivity contribution < 1.29 is 9.84 Å². The molecule has 1 aliphatic heterocycles. The van der Waals surface area contributed by atoms with Crippen molar-refractivity contribution in [3.8, 4) is 5.75 Å². The van der Waals surface area contributed by atoms with E-state index in [1.54, 1.807) is 7.11 Å². The average Bonchev–Trinajstić information content (AvgIpc) is 2.48. The van der Waals surface area contributed by atoms with Gasteiger partial charge in [0, 0.05) is 26.2 Å². The Labute approximate surface area is 115 Å². The van der Waals surface area contributed by atoms with Gasteiger partial charge in [-0.2, -0.15) is 0 Å². The fraction of sp³-hybridized carbons (Fsp3) is 0.600. The van der Waals surface area contributed by atoms with Crippen molar-refractivity contribution in [3.05, 3.63) is 29.8 Å². The molecule has 0 aromatic heterocycles. The lowest BCUT2D eigenvalue weighted by atomic mass is 10.1. The second-order valence-corrected chi connectivity index (χ2v) is 4.97. The molecule has 19 heavy (non-hydrogen) atoms. The predicted molar refractivity (Wildman–Crippen MR) is 76.4 cm³/mol. The number of aryl methyl sites for hydroxylation is 1. The molecule has 1 saturated heterocycles. The Morgan fingerprint density at radius 1 is 1.32 bits per heavy atom. The van der Waals surface area contributed by atoms with Crippen molar-refractivity contribution in [1.82, 2.24) is 10.2 Å². The largest absolute Gasteiger partial charge is 0.496 e. The summed E-state index contributed by atoms with van der Waals surface area (Å²) in [6.45, 7) is 3.83. The molecule has 2 rings (SSSR count). The molecule has 1 atom stereocenters. The number of hydrogen-bond donors (Lipinski definition) is 2. The first-order chi connectivity index (χ1) is 9.31. The molecule has 1 aromatic carbocycles. The van der Waals surface area contributed by atoms with Gasteiger partial charge in [-0.15, -0.1) is 0 Å². The van der Waals surface area contributed by atoms with Gasteiger partial charge in [0.1, 0.15) is 12.0 Å². The molecule has 106 valence electrons. The first-order valence-electron chi connectivity index (χ1n) is 7.06.